The first-order valence-corrected chi connectivity index (χ1v) is 11.8. The number of aryl methyl sites for hydroxylation is 2. The molecule has 166 valence electrons. The summed E-state index contributed by atoms with van der Waals surface area (Å²) in [6.07, 6.45) is 3.37. The summed E-state index contributed by atoms with van der Waals surface area (Å²) in [4.78, 5) is 23.9. The summed E-state index contributed by atoms with van der Waals surface area (Å²) in [7, 11) is -2.29. The summed E-state index contributed by atoms with van der Waals surface area (Å²) in [5.41, 5.74) is 9.29. The van der Waals surface area contributed by atoms with E-state index in [0.717, 1.165) is 30.4 Å². The summed E-state index contributed by atoms with van der Waals surface area (Å²) >= 11 is 0. The number of sulfonamides is 1. The number of benzene rings is 2. The van der Waals surface area contributed by atoms with Gasteiger partial charge in [0.2, 0.25) is 5.91 Å². The third kappa shape index (κ3) is 4.03. The van der Waals surface area contributed by atoms with E-state index in [-0.39, 0.29) is 16.0 Å². The van der Waals surface area contributed by atoms with E-state index < -0.39 is 15.9 Å². The van der Waals surface area contributed by atoms with Crippen molar-refractivity contribution < 1.29 is 13.2 Å². The number of nitrogens with one attached hydrogen (secondary N) is 1. The highest BCUT2D eigenvalue weighted by Gasteiger charge is 2.23. The van der Waals surface area contributed by atoms with E-state index in [4.69, 9.17) is 5.73 Å². The zero-order valence-corrected chi connectivity index (χ0v) is 18.7. The SMILES string of the molecule is Cc1ccc(-c2nn(C)c(=O)c3c2CCCC3)cc1S(=O)(=O)Nc1ccc(C(N)=O)cc1. The zero-order chi connectivity index (χ0) is 23.0. The molecule has 0 saturated heterocycles. The molecule has 0 spiro atoms. The lowest BCUT2D eigenvalue weighted by molar-refractivity contribution is 0.100. The molecule has 1 aliphatic rings. The second kappa shape index (κ2) is 8.23. The molecular weight excluding hydrogens is 428 g/mol. The van der Waals surface area contributed by atoms with Gasteiger partial charge in [0, 0.05) is 29.4 Å². The summed E-state index contributed by atoms with van der Waals surface area (Å²) in [5.74, 6) is -0.587. The fourth-order valence-corrected chi connectivity index (χ4v) is 5.37. The maximum absolute atomic E-state index is 13.2. The molecule has 9 heteroatoms. The van der Waals surface area contributed by atoms with Crippen molar-refractivity contribution in [2.45, 2.75) is 37.5 Å². The Hall–Kier alpha value is -3.46. The van der Waals surface area contributed by atoms with Gasteiger partial charge in [0.1, 0.15) is 0 Å². The number of amides is 1. The van der Waals surface area contributed by atoms with E-state index in [0.29, 0.717) is 28.9 Å². The Morgan fingerprint density at radius 1 is 1.06 bits per heavy atom. The Morgan fingerprint density at radius 3 is 2.38 bits per heavy atom. The van der Waals surface area contributed by atoms with Gasteiger partial charge < -0.3 is 5.73 Å². The van der Waals surface area contributed by atoms with E-state index in [1.807, 2.05) is 6.07 Å². The molecule has 0 saturated carbocycles. The van der Waals surface area contributed by atoms with Gasteiger partial charge in [-0.15, -0.1) is 0 Å². The molecule has 0 aliphatic heterocycles. The van der Waals surface area contributed by atoms with Gasteiger partial charge in [-0.2, -0.15) is 5.10 Å². The molecular formula is C23H24N4O4S. The van der Waals surface area contributed by atoms with Gasteiger partial charge in [-0.1, -0.05) is 12.1 Å². The zero-order valence-electron chi connectivity index (χ0n) is 17.9. The molecule has 3 N–H and O–H groups in total. The lowest BCUT2D eigenvalue weighted by Crippen LogP contribution is -2.28. The number of anilines is 1. The van der Waals surface area contributed by atoms with Gasteiger partial charge in [0.25, 0.3) is 15.6 Å². The Bertz CT molecular complexity index is 1380. The largest absolute Gasteiger partial charge is 0.366 e. The van der Waals surface area contributed by atoms with Gasteiger partial charge in [0.15, 0.2) is 0 Å². The predicted molar refractivity (Wildman–Crippen MR) is 122 cm³/mol. The first-order chi connectivity index (χ1) is 15.2. The number of primary amides is 1. The molecule has 32 heavy (non-hydrogen) atoms. The second-order valence-corrected chi connectivity index (χ2v) is 9.62. The van der Waals surface area contributed by atoms with Crippen LogP contribution in [0.25, 0.3) is 11.3 Å². The third-order valence-electron chi connectivity index (χ3n) is 5.73. The lowest BCUT2D eigenvalue weighted by atomic mass is 9.89. The summed E-state index contributed by atoms with van der Waals surface area (Å²) in [6.45, 7) is 1.72. The molecule has 2 aromatic carbocycles. The normalized spacial score (nSPS) is 13.4. The Morgan fingerprint density at radius 2 is 1.72 bits per heavy atom. The summed E-state index contributed by atoms with van der Waals surface area (Å²) in [6, 6.07) is 11.1. The molecule has 1 amide bonds. The molecule has 8 nitrogen and oxygen atoms in total. The number of hydrogen-bond acceptors (Lipinski definition) is 5. The van der Waals surface area contributed by atoms with Crippen LogP contribution >= 0.6 is 0 Å². The van der Waals surface area contributed by atoms with Crippen LogP contribution in [0.3, 0.4) is 0 Å². The fourth-order valence-electron chi connectivity index (χ4n) is 4.04. The van der Waals surface area contributed by atoms with Crippen LogP contribution < -0.4 is 16.0 Å². The van der Waals surface area contributed by atoms with Gasteiger partial charge in [-0.05, 0) is 74.1 Å². The van der Waals surface area contributed by atoms with Crippen molar-refractivity contribution in [1.82, 2.24) is 9.78 Å². The number of rotatable bonds is 5. The predicted octanol–water partition coefficient (Wildman–Crippen LogP) is 2.53. The van der Waals surface area contributed by atoms with Crippen LogP contribution in [0.1, 0.15) is 39.9 Å². The minimum atomic E-state index is -3.91. The molecule has 0 bridgehead atoms. The van der Waals surface area contributed by atoms with E-state index >= 15 is 0 Å². The quantitative estimate of drug-likeness (QED) is 0.616. The van der Waals surface area contributed by atoms with Crippen molar-refractivity contribution in [3.8, 4) is 11.3 Å². The van der Waals surface area contributed by atoms with Crippen molar-refractivity contribution in [2.75, 3.05) is 4.72 Å². The maximum Gasteiger partial charge on any atom is 0.269 e. The smallest absolute Gasteiger partial charge is 0.269 e. The van der Waals surface area contributed by atoms with Crippen molar-refractivity contribution in [3.63, 3.8) is 0 Å². The average Bonchev–Trinajstić information content (AvgIpc) is 2.77. The first-order valence-electron chi connectivity index (χ1n) is 10.3. The van der Waals surface area contributed by atoms with Crippen LogP contribution in [-0.4, -0.2) is 24.1 Å². The fraction of sp³-hybridized carbons (Fsp3) is 0.261. The van der Waals surface area contributed by atoms with E-state index in [9.17, 15) is 18.0 Å². The van der Waals surface area contributed by atoms with Crippen molar-refractivity contribution >= 4 is 21.6 Å². The van der Waals surface area contributed by atoms with Gasteiger partial charge >= 0.3 is 0 Å². The number of aromatic nitrogens is 2. The molecule has 4 rings (SSSR count). The minimum absolute atomic E-state index is 0.0931. The van der Waals surface area contributed by atoms with Crippen LogP contribution in [-0.2, 0) is 29.9 Å². The van der Waals surface area contributed by atoms with Gasteiger partial charge in [-0.25, -0.2) is 13.1 Å². The topological polar surface area (TPSA) is 124 Å². The number of hydrogen-bond donors (Lipinski definition) is 2. The maximum atomic E-state index is 13.2. The van der Waals surface area contributed by atoms with Crippen LogP contribution in [0.2, 0.25) is 0 Å². The molecule has 3 aromatic rings. The standard InChI is InChI=1S/C23H24N4O4S/c1-14-7-8-16(21-18-5-3-4-6-19(18)23(29)27(2)25-21)13-20(14)32(30,31)26-17-11-9-15(10-12-17)22(24)28/h7-13,26H,3-6H2,1-2H3,(H2,24,28). The van der Waals surface area contributed by atoms with Crippen LogP contribution in [0, 0.1) is 6.92 Å². The Balaban J connectivity index is 1.76. The molecule has 1 aliphatic carbocycles. The molecule has 0 atom stereocenters. The number of nitrogens with zero attached hydrogens (tertiary/aromatic N) is 2. The first kappa shape index (κ1) is 21.8. The number of carbonyl (C=O) groups is 1. The van der Waals surface area contributed by atoms with Gasteiger partial charge in [0.05, 0.1) is 10.6 Å². The van der Waals surface area contributed by atoms with E-state index in [1.165, 1.54) is 28.9 Å². The molecule has 1 heterocycles. The minimum Gasteiger partial charge on any atom is -0.366 e. The van der Waals surface area contributed by atoms with Gasteiger partial charge in [-0.3, -0.25) is 14.3 Å². The summed E-state index contributed by atoms with van der Waals surface area (Å²) in [5, 5.41) is 4.46. The van der Waals surface area contributed by atoms with Crippen molar-refractivity contribution in [3.05, 3.63) is 75.1 Å². The molecule has 1 aromatic heterocycles. The molecule has 0 fully saturated rings. The van der Waals surface area contributed by atoms with Crippen LogP contribution in [0.5, 0.6) is 0 Å². The van der Waals surface area contributed by atoms with Crippen molar-refractivity contribution in [1.29, 1.82) is 0 Å². The number of fused-ring (bicyclic) bond motifs is 1. The Kier molecular flexibility index (Phi) is 5.60. The molecule has 0 radical (unpaired) electrons. The highest BCUT2D eigenvalue weighted by Crippen LogP contribution is 2.31. The third-order valence-corrected chi connectivity index (χ3v) is 7.25. The highest BCUT2D eigenvalue weighted by atomic mass is 32.2. The number of nitrogens with two attached hydrogens (primary N) is 1. The Labute approximate surface area is 186 Å². The summed E-state index contributed by atoms with van der Waals surface area (Å²) < 4.78 is 30.2. The number of carbonyl (C=O) groups excluding carboxylic acids is 1. The second-order valence-electron chi connectivity index (χ2n) is 7.97. The monoisotopic (exact) mass is 452 g/mol. The lowest BCUT2D eigenvalue weighted by Gasteiger charge is -2.20. The average molecular weight is 453 g/mol. The van der Waals surface area contributed by atoms with Crippen LogP contribution in [0.4, 0.5) is 5.69 Å². The van der Waals surface area contributed by atoms with E-state index in [1.54, 1.807) is 26.1 Å². The van der Waals surface area contributed by atoms with E-state index in [2.05, 4.69) is 9.82 Å². The molecule has 0 unspecified atom stereocenters. The highest BCUT2D eigenvalue weighted by molar-refractivity contribution is 7.92. The van der Waals surface area contributed by atoms with Crippen LogP contribution in [0.15, 0.2) is 52.2 Å². The van der Waals surface area contributed by atoms with Crippen molar-refractivity contribution in [2.24, 2.45) is 12.8 Å².